The molecule has 0 aliphatic heterocycles. The van der Waals surface area contributed by atoms with Gasteiger partial charge in [-0.25, -0.2) is 0 Å². The standard InChI is InChI=1S/C19H23NO2/c1-16(19(21)22-2)13-20(14-17-9-5-3-6-10-17)15-18-11-7-4-8-12-18/h3-12,16H,13-15H2,1-2H3. The maximum atomic E-state index is 11.7. The molecule has 3 heteroatoms. The van der Waals surface area contributed by atoms with E-state index in [1.54, 1.807) is 0 Å². The van der Waals surface area contributed by atoms with E-state index < -0.39 is 0 Å². The molecule has 0 spiro atoms. The van der Waals surface area contributed by atoms with Crippen LogP contribution in [0, 0.1) is 5.92 Å². The lowest BCUT2D eigenvalue weighted by Crippen LogP contribution is -2.31. The molecule has 2 rings (SSSR count). The molecular formula is C19H23NO2. The van der Waals surface area contributed by atoms with Crippen LogP contribution >= 0.6 is 0 Å². The molecule has 1 atom stereocenters. The van der Waals surface area contributed by atoms with Gasteiger partial charge in [-0.05, 0) is 11.1 Å². The maximum absolute atomic E-state index is 11.7. The normalized spacial score (nSPS) is 12.1. The zero-order valence-electron chi connectivity index (χ0n) is 13.2. The van der Waals surface area contributed by atoms with Gasteiger partial charge in [-0.15, -0.1) is 0 Å². The van der Waals surface area contributed by atoms with Gasteiger partial charge in [-0.2, -0.15) is 0 Å². The summed E-state index contributed by atoms with van der Waals surface area (Å²) in [6.45, 7) is 4.22. The molecule has 0 saturated heterocycles. The third kappa shape index (κ3) is 5.01. The zero-order chi connectivity index (χ0) is 15.8. The number of hydrogen-bond acceptors (Lipinski definition) is 3. The molecule has 0 amide bonds. The van der Waals surface area contributed by atoms with Gasteiger partial charge < -0.3 is 4.74 Å². The van der Waals surface area contributed by atoms with E-state index in [1.807, 2.05) is 43.3 Å². The van der Waals surface area contributed by atoms with E-state index in [4.69, 9.17) is 4.74 Å². The monoisotopic (exact) mass is 297 g/mol. The van der Waals surface area contributed by atoms with E-state index in [-0.39, 0.29) is 11.9 Å². The average molecular weight is 297 g/mol. The van der Waals surface area contributed by atoms with E-state index in [9.17, 15) is 4.79 Å². The predicted octanol–water partition coefficient (Wildman–Crippen LogP) is 3.50. The Morgan fingerprint density at radius 1 is 0.955 bits per heavy atom. The first-order chi connectivity index (χ1) is 10.7. The topological polar surface area (TPSA) is 29.5 Å². The van der Waals surface area contributed by atoms with Gasteiger partial charge in [0, 0.05) is 19.6 Å². The van der Waals surface area contributed by atoms with Gasteiger partial charge in [0.2, 0.25) is 0 Å². The molecule has 0 aromatic heterocycles. The molecule has 0 fully saturated rings. The number of benzene rings is 2. The molecular weight excluding hydrogens is 274 g/mol. The molecule has 116 valence electrons. The van der Waals surface area contributed by atoms with Crippen molar-refractivity contribution in [1.29, 1.82) is 0 Å². The predicted molar refractivity (Wildman–Crippen MR) is 88.2 cm³/mol. The largest absolute Gasteiger partial charge is 0.469 e. The number of nitrogens with zero attached hydrogens (tertiary/aromatic N) is 1. The molecule has 0 radical (unpaired) electrons. The third-order valence-electron chi connectivity index (χ3n) is 3.63. The molecule has 1 unspecified atom stereocenters. The first kappa shape index (κ1) is 16.2. The van der Waals surface area contributed by atoms with Crippen molar-refractivity contribution in [3.05, 3.63) is 71.8 Å². The number of rotatable bonds is 7. The average Bonchev–Trinajstić information content (AvgIpc) is 2.55. The van der Waals surface area contributed by atoms with Crippen molar-refractivity contribution in [3.63, 3.8) is 0 Å². The lowest BCUT2D eigenvalue weighted by atomic mass is 10.1. The zero-order valence-corrected chi connectivity index (χ0v) is 13.2. The first-order valence-electron chi connectivity index (χ1n) is 7.57. The minimum Gasteiger partial charge on any atom is -0.469 e. The quantitative estimate of drug-likeness (QED) is 0.733. The van der Waals surface area contributed by atoms with E-state index in [1.165, 1.54) is 18.2 Å². The van der Waals surface area contributed by atoms with Gasteiger partial charge in [0.1, 0.15) is 0 Å². The van der Waals surface area contributed by atoms with Crippen LogP contribution in [-0.2, 0) is 22.6 Å². The van der Waals surface area contributed by atoms with Crippen molar-refractivity contribution < 1.29 is 9.53 Å². The van der Waals surface area contributed by atoms with Crippen molar-refractivity contribution in [1.82, 2.24) is 4.90 Å². The molecule has 0 aliphatic rings. The summed E-state index contributed by atoms with van der Waals surface area (Å²) in [5.41, 5.74) is 2.49. The van der Waals surface area contributed by atoms with Gasteiger partial charge in [-0.3, -0.25) is 9.69 Å². The van der Waals surface area contributed by atoms with Crippen LogP contribution in [0.5, 0.6) is 0 Å². The summed E-state index contributed by atoms with van der Waals surface area (Å²) in [6, 6.07) is 20.6. The SMILES string of the molecule is COC(=O)C(C)CN(Cc1ccccc1)Cc1ccccc1. The Balaban J connectivity index is 2.07. The van der Waals surface area contributed by atoms with Crippen LogP contribution in [0.15, 0.2) is 60.7 Å². The van der Waals surface area contributed by atoms with Crippen molar-refractivity contribution in [2.45, 2.75) is 20.0 Å². The third-order valence-corrected chi connectivity index (χ3v) is 3.63. The summed E-state index contributed by atoms with van der Waals surface area (Å²) in [5, 5.41) is 0. The highest BCUT2D eigenvalue weighted by molar-refractivity contribution is 5.72. The van der Waals surface area contributed by atoms with E-state index in [0.29, 0.717) is 6.54 Å². The van der Waals surface area contributed by atoms with Gasteiger partial charge >= 0.3 is 5.97 Å². The Hall–Kier alpha value is -2.13. The van der Waals surface area contributed by atoms with Crippen LogP contribution in [0.1, 0.15) is 18.1 Å². The van der Waals surface area contributed by atoms with Gasteiger partial charge in [0.25, 0.3) is 0 Å². The second-order valence-corrected chi connectivity index (χ2v) is 5.57. The summed E-state index contributed by atoms with van der Waals surface area (Å²) in [7, 11) is 1.44. The van der Waals surface area contributed by atoms with Crippen LogP contribution < -0.4 is 0 Å². The lowest BCUT2D eigenvalue weighted by Gasteiger charge is -2.25. The van der Waals surface area contributed by atoms with Crippen LogP contribution in [0.3, 0.4) is 0 Å². The number of ether oxygens (including phenoxy) is 1. The number of esters is 1. The smallest absolute Gasteiger partial charge is 0.309 e. The van der Waals surface area contributed by atoms with E-state index >= 15 is 0 Å². The van der Waals surface area contributed by atoms with Gasteiger partial charge in [-0.1, -0.05) is 67.6 Å². The fourth-order valence-corrected chi connectivity index (χ4v) is 2.53. The Kier molecular flexibility index (Phi) is 6.16. The highest BCUT2D eigenvalue weighted by atomic mass is 16.5. The van der Waals surface area contributed by atoms with E-state index in [0.717, 1.165) is 13.1 Å². The lowest BCUT2D eigenvalue weighted by molar-refractivity contribution is -0.145. The van der Waals surface area contributed by atoms with Crippen LogP contribution in [0.4, 0.5) is 0 Å². The van der Waals surface area contributed by atoms with Crippen molar-refractivity contribution in [2.24, 2.45) is 5.92 Å². The minimum atomic E-state index is -0.161. The fourth-order valence-electron chi connectivity index (χ4n) is 2.53. The van der Waals surface area contributed by atoms with Crippen molar-refractivity contribution in [2.75, 3.05) is 13.7 Å². The molecule has 2 aromatic carbocycles. The molecule has 0 saturated carbocycles. The number of hydrogen-bond donors (Lipinski definition) is 0. The Morgan fingerprint density at radius 3 is 1.82 bits per heavy atom. The summed E-state index contributed by atoms with van der Waals surface area (Å²) >= 11 is 0. The summed E-state index contributed by atoms with van der Waals surface area (Å²) in [5.74, 6) is -0.302. The van der Waals surface area contributed by atoms with Crippen LogP contribution in [-0.4, -0.2) is 24.5 Å². The molecule has 0 N–H and O–H groups in total. The highest BCUT2D eigenvalue weighted by Gasteiger charge is 2.18. The highest BCUT2D eigenvalue weighted by Crippen LogP contribution is 2.13. The summed E-state index contributed by atoms with van der Waals surface area (Å²) < 4.78 is 4.85. The molecule has 0 heterocycles. The summed E-state index contributed by atoms with van der Waals surface area (Å²) in [6.07, 6.45) is 0. The fraction of sp³-hybridized carbons (Fsp3) is 0.316. The number of methoxy groups -OCH3 is 1. The second kappa shape index (κ2) is 8.35. The maximum Gasteiger partial charge on any atom is 0.309 e. The Morgan fingerprint density at radius 2 is 1.41 bits per heavy atom. The molecule has 3 nitrogen and oxygen atoms in total. The van der Waals surface area contributed by atoms with Gasteiger partial charge in [0.15, 0.2) is 0 Å². The molecule has 22 heavy (non-hydrogen) atoms. The van der Waals surface area contributed by atoms with Gasteiger partial charge in [0.05, 0.1) is 13.0 Å². The second-order valence-electron chi connectivity index (χ2n) is 5.57. The number of carbonyl (C=O) groups excluding carboxylic acids is 1. The van der Waals surface area contributed by atoms with Crippen LogP contribution in [0.2, 0.25) is 0 Å². The number of carbonyl (C=O) groups is 1. The van der Waals surface area contributed by atoms with E-state index in [2.05, 4.69) is 29.2 Å². The molecule has 2 aromatic rings. The molecule has 0 bridgehead atoms. The first-order valence-corrected chi connectivity index (χ1v) is 7.57. The van der Waals surface area contributed by atoms with Crippen molar-refractivity contribution in [3.8, 4) is 0 Å². The molecule has 0 aliphatic carbocycles. The van der Waals surface area contributed by atoms with Crippen LogP contribution in [0.25, 0.3) is 0 Å². The van der Waals surface area contributed by atoms with Crippen molar-refractivity contribution >= 4 is 5.97 Å². The summed E-state index contributed by atoms with van der Waals surface area (Å²) in [4.78, 5) is 14.0. The minimum absolute atomic E-state index is 0.141. The Labute approximate surface area is 132 Å². The Bertz CT molecular complexity index is 527.